The maximum atomic E-state index is 13.4. The summed E-state index contributed by atoms with van der Waals surface area (Å²) in [6, 6.07) is 18.8. The Morgan fingerprint density at radius 1 is 1.00 bits per heavy atom. The Morgan fingerprint density at radius 2 is 1.74 bits per heavy atom. The minimum Gasteiger partial charge on any atom is -0.507 e. The second-order valence-corrected chi connectivity index (χ2v) is 9.12. The van der Waals surface area contributed by atoms with E-state index in [1.54, 1.807) is 55.6 Å². The molecule has 0 bridgehead atoms. The van der Waals surface area contributed by atoms with Crippen LogP contribution in [0.15, 0.2) is 72.3 Å². The highest BCUT2D eigenvalue weighted by Crippen LogP contribution is 2.46. The van der Waals surface area contributed by atoms with Crippen LogP contribution in [-0.2, 0) is 9.59 Å². The number of Topliss-reactive ketones (excluding diaryl/α,β-unsaturated/α-hetero) is 1. The van der Waals surface area contributed by atoms with Crippen molar-refractivity contribution in [2.75, 3.05) is 19.1 Å². The molecular weight excluding hydrogens is 464 g/mol. The van der Waals surface area contributed by atoms with Crippen LogP contribution in [0.1, 0.15) is 22.7 Å². The van der Waals surface area contributed by atoms with Gasteiger partial charge in [-0.2, -0.15) is 0 Å². The number of anilines is 1. The molecule has 1 N–H and O–H groups in total. The summed E-state index contributed by atoms with van der Waals surface area (Å²) in [4.78, 5) is 32.8. The van der Waals surface area contributed by atoms with Gasteiger partial charge in [-0.05, 0) is 31.2 Å². The number of aryl methyl sites for hydroxylation is 1. The summed E-state index contributed by atoms with van der Waals surface area (Å²) < 4.78 is 11.7. The van der Waals surface area contributed by atoms with Crippen molar-refractivity contribution in [2.45, 2.75) is 13.0 Å². The molecule has 176 valence electrons. The van der Waals surface area contributed by atoms with E-state index in [-0.39, 0.29) is 11.3 Å². The van der Waals surface area contributed by atoms with Gasteiger partial charge >= 0.3 is 5.91 Å². The maximum absolute atomic E-state index is 13.4. The standard InChI is InChI=1S/C27H22N2O5S/c1-15-8-10-16(11-9-15)24(30)22-23(18-6-4-5-7-20(18)34-3)29(26(32)25(22)31)27-28-19-13-12-17(33-2)14-21(19)35-27/h4-14,23,30H,1-3H3/t23-/m0/s1. The Bertz CT molecular complexity index is 1490. The largest absolute Gasteiger partial charge is 0.507 e. The Kier molecular flexibility index (Phi) is 5.74. The van der Waals surface area contributed by atoms with Crippen LogP contribution < -0.4 is 14.4 Å². The number of hydrogen-bond acceptors (Lipinski definition) is 7. The van der Waals surface area contributed by atoms with Gasteiger partial charge in [-0.25, -0.2) is 4.98 Å². The summed E-state index contributed by atoms with van der Waals surface area (Å²) in [5, 5.41) is 11.6. The van der Waals surface area contributed by atoms with Gasteiger partial charge in [0.1, 0.15) is 23.3 Å². The van der Waals surface area contributed by atoms with Crippen LogP contribution in [0.3, 0.4) is 0 Å². The van der Waals surface area contributed by atoms with Crippen LogP contribution in [0.2, 0.25) is 0 Å². The van der Waals surface area contributed by atoms with E-state index in [1.165, 1.54) is 23.3 Å². The number of thiazole rings is 1. The summed E-state index contributed by atoms with van der Waals surface area (Å²) in [6.07, 6.45) is 0. The predicted octanol–water partition coefficient (Wildman–Crippen LogP) is 5.25. The first-order chi connectivity index (χ1) is 16.9. The van der Waals surface area contributed by atoms with Gasteiger partial charge in [-0.1, -0.05) is 59.4 Å². The van der Waals surface area contributed by atoms with Gasteiger partial charge in [0.15, 0.2) is 5.13 Å². The molecule has 1 fully saturated rings. The number of ether oxygens (including phenoxy) is 2. The monoisotopic (exact) mass is 486 g/mol. The quantitative estimate of drug-likeness (QED) is 0.236. The molecule has 5 rings (SSSR count). The van der Waals surface area contributed by atoms with Gasteiger partial charge in [0, 0.05) is 11.1 Å². The number of benzene rings is 3. The lowest BCUT2D eigenvalue weighted by molar-refractivity contribution is -0.132. The molecule has 0 spiro atoms. The molecule has 4 aromatic rings. The zero-order valence-electron chi connectivity index (χ0n) is 19.3. The first-order valence-corrected chi connectivity index (χ1v) is 11.7. The van der Waals surface area contributed by atoms with E-state index in [4.69, 9.17) is 9.47 Å². The number of ketones is 1. The smallest absolute Gasteiger partial charge is 0.301 e. The van der Waals surface area contributed by atoms with Gasteiger partial charge in [0.25, 0.3) is 5.78 Å². The molecular formula is C27H22N2O5S. The SMILES string of the molecule is COc1ccc2nc(N3C(=O)C(=O)C(=C(O)c4ccc(C)cc4)[C@@H]3c3ccccc3OC)sc2c1. The average molecular weight is 487 g/mol. The van der Waals surface area contributed by atoms with E-state index in [9.17, 15) is 14.7 Å². The number of aromatic nitrogens is 1. The number of para-hydroxylation sites is 1. The lowest BCUT2D eigenvalue weighted by atomic mass is 9.94. The van der Waals surface area contributed by atoms with Crippen molar-refractivity contribution < 1.29 is 24.2 Å². The van der Waals surface area contributed by atoms with E-state index in [0.29, 0.717) is 33.3 Å². The number of amides is 1. The molecule has 1 amide bonds. The molecule has 1 aliphatic rings. The van der Waals surface area contributed by atoms with Crippen molar-refractivity contribution in [3.05, 3.63) is 89.0 Å². The number of carbonyl (C=O) groups is 2. The number of hydrogen-bond donors (Lipinski definition) is 1. The second-order valence-electron chi connectivity index (χ2n) is 8.11. The number of carbonyl (C=O) groups excluding carboxylic acids is 2. The van der Waals surface area contributed by atoms with Gasteiger partial charge < -0.3 is 14.6 Å². The van der Waals surface area contributed by atoms with Crippen molar-refractivity contribution in [1.29, 1.82) is 0 Å². The first-order valence-electron chi connectivity index (χ1n) is 10.9. The Balaban J connectivity index is 1.74. The average Bonchev–Trinajstić information content (AvgIpc) is 3.41. The highest BCUT2D eigenvalue weighted by atomic mass is 32.1. The molecule has 1 aromatic heterocycles. The van der Waals surface area contributed by atoms with Crippen molar-refractivity contribution in [3.8, 4) is 11.5 Å². The fraction of sp³-hybridized carbons (Fsp3) is 0.148. The maximum Gasteiger partial charge on any atom is 0.301 e. The number of nitrogens with zero attached hydrogens (tertiary/aromatic N) is 2. The lowest BCUT2D eigenvalue weighted by Crippen LogP contribution is -2.29. The summed E-state index contributed by atoms with van der Waals surface area (Å²) in [6.45, 7) is 1.93. The second kappa shape index (κ2) is 8.88. The van der Waals surface area contributed by atoms with E-state index < -0.39 is 17.7 Å². The summed E-state index contributed by atoms with van der Waals surface area (Å²) in [5.41, 5.74) is 2.68. The van der Waals surface area contributed by atoms with Gasteiger partial charge in [-0.15, -0.1) is 0 Å². The van der Waals surface area contributed by atoms with Crippen molar-refractivity contribution in [1.82, 2.24) is 4.98 Å². The number of aliphatic hydroxyl groups is 1. The van der Waals surface area contributed by atoms with E-state index in [2.05, 4.69) is 4.98 Å². The van der Waals surface area contributed by atoms with E-state index in [1.807, 2.05) is 25.1 Å². The highest BCUT2D eigenvalue weighted by molar-refractivity contribution is 7.22. The Morgan fingerprint density at radius 3 is 2.46 bits per heavy atom. The molecule has 1 aliphatic heterocycles. The van der Waals surface area contributed by atoms with Crippen molar-refractivity contribution >= 4 is 44.1 Å². The molecule has 0 unspecified atom stereocenters. The number of aliphatic hydroxyl groups excluding tert-OH is 1. The minimum absolute atomic E-state index is 0.0137. The molecule has 0 saturated carbocycles. The molecule has 0 aliphatic carbocycles. The zero-order chi connectivity index (χ0) is 24.7. The Labute approximate surface area is 205 Å². The summed E-state index contributed by atoms with van der Waals surface area (Å²) in [5.74, 6) is -0.640. The highest BCUT2D eigenvalue weighted by Gasteiger charge is 2.49. The van der Waals surface area contributed by atoms with Crippen molar-refractivity contribution in [2.24, 2.45) is 0 Å². The van der Waals surface area contributed by atoms with Crippen molar-refractivity contribution in [3.63, 3.8) is 0 Å². The lowest BCUT2D eigenvalue weighted by Gasteiger charge is -2.24. The molecule has 0 radical (unpaired) electrons. The minimum atomic E-state index is -0.921. The summed E-state index contributed by atoms with van der Waals surface area (Å²) >= 11 is 1.27. The van der Waals surface area contributed by atoms with Crippen LogP contribution in [0.5, 0.6) is 11.5 Å². The van der Waals surface area contributed by atoms with Crippen LogP contribution in [0.4, 0.5) is 5.13 Å². The van der Waals surface area contributed by atoms with Gasteiger partial charge in [0.2, 0.25) is 0 Å². The normalized spacial score (nSPS) is 17.2. The third-order valence-corrected chi connectivity index (χ3v) is 7.01. The van der Waals surface area contributed by atoms with Crippen LogP contribution >= 0.6 is 11.3 Å². The fourth-order valence-electron chi connectivity index (χ4n) is 4.21. The van der Waals surface area contributed by atoms with Crippen LogP contribution in [0, 0.1) is 6.92 Å². The Hall–Kier alpha value is -4.17. The van der Waals surface area contributed by atoms with Crippen LogP contribution in [0.25, 0.3) is 16.0 Å². The zero-order valence-corrected chi connectivity index (χ0v) is 20.1. The first kappa shape index (κ1) is 22.6. The molecule has 1 saturated heterocycles. The summed E-state index contributed by atoms with van der Waals surface area (Å²) in [7, 11) is 3.10. The van der Waals surface area contributed by atoms with Gasteiger partial charge in [-0.3, -0.25) is 14.5 Å². The number of fused-ring (bicyclic) bond motifs is 1. The molecule has 2 heterocycles. The van der Waals surface area contributed by atoms with E-state index in [0.717, 1.165) is 10.3 Å². The molecule has 7 nitrogen and oxygen atoms in total. The van der Waals surface area contributed by atoms with Crippen LogP contribution in [-0.4, -0.2) is 36.0 Å². The predicted molar refractivity (Wildman–Crippen MR) is 135 cm³/mol. The molecule has 35 heavy (non-hydrogen) atoms. The molecule has 3 aromatic carbocycles. The third-order valence-electron chi connectivity index (χ3n) is 5.99. The van der Waals surface area contributed by atoms with E-state index >= 15 is 0 Å². The van der Waals surface area contributed by atoms with Gasteiger partial charge in [0.05, 0.1) is 30.0 Å². The third kappa shape index (κ3) is 3.81. The fourth-order valence-corrected chi connectivity index (χ4v) is 5.23. The topological polar surface area (TPSA) is 89.0 Å². The number of rotatable bonds is 5. The number of methoxy groups -OCH3 is 2. The molecule has 8 heteroatoms. The molecule has 1 atom stereocenters.